The molecule has 9 heteroatoms. The number of nitrogens with one attached hydrogen (secondary N) is 1. The van der Waals surface area contributed by atoms with Crippen molar-refractivity contribution in [2.75, 3.05) is 30.2 Å². The van der Waals surface area contributed by atoms with Crippen LogP contribution in [0.4, 0.5) is 5.69 Å². The number of hydrogen-bond acceptors (Lipinski definition) is 6. The molecule has 1 rings (SSSR count). The standard InChI is InChI=1S/C14H19BrNO6P/c1-3-21-23(19,22-4-2)10-20-14(18)11-5-7-12(8-6-11)16-13(17)9-15/h5-8H,3-4,9-10H2,1-2H3,(H,16,17). The first-order valence-electron chi connectivity index (χ1n) is 6.95. The second-order valence-electron chi connectivity index (χ2n) is 4.27. The highest BCUT2D eigenvalue weighted by molar-refractivity contribution is 9.09. The fourth-order valence-corrected chi connectivity index (χ4v) is 3.04. The maximum Gasteiger partial charge on any atom is 0.367 e. The summed E-state index contributed by atoms with van der Waals surface area (Å²) in [7, 11) is -3.43. The van der Waals surface area contributed by atoms with Crippen molar-refractivity contribution in [3.05, 3.63) is 29.8 Å². The van der Waals surface area contributed by atoms with E-state index in [2.05, 4.69) is 21.2 Å². The summed E-state index contributed by atoms with van der Waals surface area (Å²) in [6.07, 6.45) is -0.449. The zero-order valence-corrected chi connectivity index (χ0v) is 15.4. The molecular weight excluding hydrogens is 389 g/mol. The summed E-state index contributed by atoms with van der Waals surface area (Å²) in [4.78, 5) is 23.2. The van der Waals surface area contributed by atoms with E-state index in [0.717, 1.165) is 0 Å². The second kappa shape index (κ2) is 9.82. The van der Waals surface area contributed by atoms with Gasteiger partial charge in [-0.05, 0) is 38.1 Å². The molecule has 0 unspecified atom stereocenters. The van der Waals surface area contributed by atoms with Crippen LogP contribution < -0.4 is 5.32 Å². The smallest absolute Gasteiger partial charge is 0.367 e. The van der Waals surface area contributed by atoms with Crippen LogP contribution in [0.3, 0.4) is 0 Å². The Balaban J connectivity index is 2.64. The minimum absolute atomic E-state index is 0.181. The monoisotopic (exact) mass is 407 g/mol. The molecule has 0 fully saturated rings. The molecule has 0 aliphatic rings. The Morgan fingerprint density at radius 3 is 2.17 bits per heavy atom. The summed E-state index contributed by atoms with van der Waals surface area (Å²) in [5.41, 5.74) is 0.821. The minimum Gasteiger partial charge on any atom is -0.449 e. The van der Waals surface area contributed by atoms with Gasteiger partial charge in [0.05, 0.1) is 24.1 Å². The first-order chi connectivity index (χ1) is 10.9. The van der Waals surface area contributed by atoms with Crippen molar-refractivity contribution in [1.29, 1.82) is 0 Å². The summed E-state index contributed by atoms with van der Waals surface area (Å²) in [5.74, 6) is -0.849. The molecule has 0 saturated heterocycles. The van der Waals surface area contributed by atoms with E-state index in [1.165, 1.54) is 12.1 Å². The fraction of sp³-hybridized carbons (Fsp3) is 0.429. The third kappa shape index (κ3) is 6.83. The summed E-state index contributed by atoms with van der Waals surface area (Å²) in [6.45, 7) is 3.73. The van der Waals surface area contributed by atoms with Crippen LogP contribution in [0, 0.1) is 0 Å². The first kappa shape index (κ1) is 19.8. The lowest BCUT2D eigenvalue weighted by Gasteiger charge is -2.16. The minimum atomic E-state index is -3.43. The van der Waals surface area contributed by atoms with Gasteiger partial charge in [0, 0.05) is 5.69 Å². The predicted molar refractivity (Wildman–Crippen MR) is 90.0 cm³/mol. The van der Waals surface area contributed by atoms with Gasteiger partial charge < -0.3 is 19.1 Å². The summed E-state index contributed by atoms with van der Waals surface area (Å²) in [5, 5.41) is 2.81. The van der Waals surface area contributed by atoms with Gasteiger partial charge >= 0.3 is 13.6 Å². The fourth-order valence-electron chi connectivity index (χ4n) is 1.61. The number of esters is 1. The van der Waals surface area contributed by atoms with Gasteiger partial charge in [-0.25, -0.2) is 4.79 Å². The molecule has 0 radical (unpaired) electrons. The molecule has 7 nitrogen and oxygen atoms in total. The zero-order valence-electron chi connectivity index (χ0n) is 12.9. The number of hydrogen-bond donors (Lipinski definition) is 1. The number of ether oxygens (including phenoxy) is 1. The Kier molecular flexibility index (Phi) is 8.47. The van der Waals surface area contributed by atoms with Crippen molar-refractivity contribution in [2.24, 2.45) is 0 Å². The predicted octanol–water partition coefficient (Wildman–Crippen LogP) is 3.40. The zero-order chi connectivity index (χ0) is 17.3. The maximum absolute atomic E-state index is 12.2. The number of halogens is 1. The van der Waals surface area contributed by atoms with Crippen LogP contribution in [0.25, 0.3) is 0 Å². The molecule has 128 valence electrons. The van der Waals surface area contributed by atoms with E-state index in [4.69, 9.17) is 13.8 Å². The Bertz CT molecular complexity index is 567. The Hall–Kier alpha value is -1.21. The van der Waals surface area contributed by atoms with Crippen molar-refractivity contribution in [2.45, 2.75) is 13.8 Å². The molecule has 0 aromatic heterocycles. The number of carbonyl (C=O) groups is 2. The van der Waals surface area contributed by atoms with Gasteiger partial charge in [0.15, 0.2) is 6.35 Å². The number of rotatable bonds is 9. The Morgan fingerprint density at radius 1 is 1.13 bits per heavy atom. The van der Waals surface area contributed by atoms with E-state index < -0.39 is 19.9 Å². The lowest BCUT2D eigenvalue weighted by atomic mass is 10.2. The quantitative estimate of drug-likeness (QED) is 0.383. The van der Waals surface area contributed by atoms with E-state index in [1.54, 1.807) is 26.0 Å². The summed E-state index contributed by atoms with van der Waals surface area (Å²) >= 11 is 3.04. The molecule has 0 saturated carbocycles. The van der Waals surface area contributed by atoms with Gasteiger partial charge in [-0.2, -0.15) is 0 Å². The van der Waals surface area contributed by atoms with E-state index in [9.17, 15) is 14.2 Å². The van der Waals surface area contributed by atoms with Gasteiger partial charge in [-0.15, -0.1) is 0 Å². The number of amides is 1. The summed E-state index contributed by atoms with van der Waals surface area (Å²) in [6, 6.07) is 6.14. The Morgan fingerprint density at radius 2 is 1.70 bits per heavy atom. The largest absolute Gasteiger partial charge is 0.449 e. The second-order valence-corrected chi connectivity index (χ2v) is 6.82. The highest BCUT2D eigenvalue weighted by Gasteiger charge is 2.26. The van der Waals surface area contributed by atoms with Crippen molar-refractivity contribution in [3.63, 3.8) is 0 Å². The topological polar surface area (TPSA) is 90.9 Å². The number of alkyl halides is 1. The molecule has 1 amide bonds. The highest BCUT2D eigenvalue weighted by Crippen LogP contribution is 2.47. The van der Waals surface area contributed by atoms with Gasteiger partial charge in [-0.1, -0.05) is 15.9 Å². The summed E-state index contributed by atoms with van der Waals surface area (Å²) < 4.78 is 27.2. The van der Waals surface area contributed by atoms with Crippen molar-refractivity contribution < 1.29 is 27.9 Å². The average molecular weight is 408 g/mol. The van der Waals surface area contributed by atoms with Crippen molar-refractivity contribution in [1.82, 2.24) is 0 Å². The molecule has 0 aliphatic carbocycles. The number of anilines is 1. The number of benzene rings is 1. The molecule has 1 aromatic carbocycles. The first-order valence-corrected chi connectivity index (χ1v) is 9.80. The molecule has 0 atom stereocenters. The SMILES string of the molecule is CCOP(=O)(COC(=O)c1ccc(NC(=O)CBr)cc1)OCC. The van der Waals surface area contributed by atoms with E-state index >= 15 is 0 Å². The van der Waals surface area contributed by atoms with Crippen LogP contribution in [0.2, 0.25) is 0 Å². The highest BCUT2D eigenvalue weighted by atomic mass is 79.9. The van der Waals surface area contributed by atoms with E-state index in [0.29, 0.717) is 5.69 Å². The normalized spacial score (nSPS) is 11.1. The molecule has 0 spiro atoms. The van der Waals surface area contributed by atoms with Crippen LogP contribution in [-0.4, -0.2) is 36.8 Å². The molecule has 23 heavy (non-hydrogen) atoms. The average Bonchev–Trinajstić information content (AvgIpc) is 2.54. The molecule has 1 aromatic rings. The molecular formula is C14H19BrNO6P. The van der Waals surface area contributed by atoms with Crippen LogP contribution >= 0.6 is 23.5 Å². The van der Waals surface area contributed by atoms with Crippen molar-refractivity contribution >= 4 is 41.1 Å². The number of carbonyl (C=O) groups excluding carboxylic acids is 2. The van der Waals surface area contributed by atoms with Crippen molar-refractivity contribution in [3.8, 4) is 0 Å². The van der Waals surface area contributed by atoms with Gasteiger partial charge in [0.2, 0.25) is 5.91 Å². The van der Waals surface area contributed by atoms with Gasteiger partial charge in [0.1, 0.15) is 0 Å². The lowest BCUT2D eigenvalue weighted by Crippen LogP contribution is -2.13. The molecule has 1 N–H and O–H groups in total. The third-order valence-corrected chi connectivity index (χ3v) is 4.79. The third-order valence-electron chi connectivity index (χ3n) is 2.53. The lowest BCUT2D eigenvalue weighted by molar-refractivity contribution is -0.113. The van der Waals surface area contributed by atoms with Crippen LogP contribution in [0.15, 0.2) is 24.3 Å². The van der Waals surface area contributed by atoms with Crippen LogP contribution in [0.1, 0.15) is 24.2 Å². The molecule has 0 aliphatic heterocycles. The van der Waals surface area contributed by atoms with Crippen LogP contribution in [-0.2, 0) is 23.1 Å². The van der Waals surface area contributed by atoms with Gasteiger partial charge in [-0.3, -0.25) is 9.36 Å². The molecule has 0 bridgehead atoms. The van der Waals surface area contributed by atoms with E-state index in [-0.39, 0.29) is 30.0 Å². The Labute approximate surface area is 143 Å². The van der Waals surface area contributed by atoms with Gasteiger partial charge in [0.25, 0.3) is 0 Å². The van der Waals surface area contributed by atoms with E-state index in [1.807, 2.05) is 0 Å². The van der Waals surface area contributed by atoms with Crippen LogP contribution in [0.5, 0.6) is 0 Å². The molecule has 0 heterocycles. The maximum atomic E-state index is 12.2.